The summed E-state index contributed by atoms with van der Waals surface area (Å²) in [7, 11) is 0. The van der Waals surface area contributed by atoms with Crippen molar-refractivity contribution < 1.29 is 105 Å². The Morgan fingerprint density at radius 2 is 1.08 bits per heavy atom. The number of ether oxygens (including phenoxy) is 12. The molecule has 2 aliphatic heterocycles. The third kappa shape index (κ3) is 18.2. The van der Waals surface area contributed by atoms with E-state index >= 15 is 0 Å². The van der Waals surface area contributed by atoms with Crippen LogP contribution in [0, 0.1) is 0 Å². The number of alkyl carbamates (subject to hydrolysis) is 1. The number of amides is 3. The average molecular weight is 1100 g/mol. The van der Waals surface area contributed by atoms with Crippen molar-refractivity contribution in [2.45, 2.75) is 167 Å². The van der Waals surface area contributed by atoms with Gasteiger partial charge in [-0.2, -0.15) is 0 Å². The van der Waals surface area contributed by atoms with Gasteiger partial charge in [0, 0.05) is 61.0 Å². The molecule has 0 bridgehead atoms. The first-order valence-electron chi connectivity index (χ1n) is 25.2. The molecule has 2 heterocycles. The molecule has 3 aliphatic rings. The van der Waals surface area contributed by atoms with Gasteiger partial charge in [0.15, 0.2) is 37.0 Å². The van der Waals surface area contributed by atoms with Crippen LogP contribution in [0.1, 0.15) is 106 Å². The molecule has 5 rings (SSSR count). The second-order valence-electron chi connectivity index (χ2n) is 19.5. The van der Waals surface area contributed by atoms with Crippen molar-refractivity contribution in [2.24, 2.45) is 0 Å². The predicted octanol–water partition coefficient (Wildman–Crippen LogP) is 2.73. The molecule has 0 aromatic heterocycles. The van der Waals surface area contributed by atoms with E-state index in [1.807, 2.05) is 48.5 Å². The van der Waals surface area contributed by atoms with Gasteiger partial charge in [-0.1, -0.05) is 48.5 Å². The number of carbonyl (C=O) groups is 10. The van der Waals surface area contributed by atoms with Gasteiger partial charge >= 0.3 is 47.9 Å². The highest BCUT2D eigenvalue weighted by molar-refractivity contribution is 5.88. The Labute approximate surface area is 450 Å². The van der Waals surface area contributed by atoms with Crippen LogP contribution in [0.4, 0.5) is 4.79 Å². The van der Waals surface area contributed by atoms with Crippen LogP contribution in [0.25, 0.3) is 11.1 Å². The number of benzene rings is 2. The molecule has 25 heteroatoms. The normalized spacial score (nSPS) is 23.8. The van der Waals surface area contributed by atoms with Crippen LogP contribution in [0.15, 0.2) is 48.5 Å². The van der Waals surface area contributed by atoms with Crippen LogP contribution in [-0.4, -0.2) is 166 Å². The van der Waals surface area contributed by atoms with Gasteiger partial charge in [-0.25, -0.2) is 4.79 Å². The second-order valence-corrected chi connectivity index (χ2v) is 19.5. The quantitative estimate of drug-likeness (QED) is 0.0818. The summed E-state index contributed by atoms with van der Waals surface area (Å²) in [6.45, 7) is 10.5. The maximum absolute atomic E-state index is 13.7. The Balaban J connectivity index is 1.39. The summed E-state index contributed by atoms with van der Waals surface area (Å²) >= 11 is 0. The molecule has 3 N–H and O–H groups in total. The molecule has 2 aromatic carbocycles. The smallest absolute Gasteiger partial charge is 0.407 e. The minimum atomic E-state index is -1.87. The van der Waals surface area contributed by atoms with Crippen molar-refractivity contribution in [2.75, 3.05) is 33.0 Å². The third-order valence-corrected chi connectivity index (χ3v) is 12.0. The van der Waals surface area contributed by atoms with Gasteiger partial charge in [-0.15, -0.1) is 0 Å². The molecular formula is C53H69N3O22. The van der Waals surface area contributed by atoms with Crippen molar-refractivity contribution in [1.29, 1.82) is 0 Å². The summed E-state index contributed by atoms with van der Waals surface area (Å²) in [5.74, 6) is -7.64. The zero-order valence-electron chi connectivity index (χ0n) is 45.2. The maximum Gasteiger partial charge on any atom is 0.407 e. The van der Waals surface area contributed by atoms with Gasteiger partial charge in [0.2, 0.25) is 11.8 Å². The summed E-state index contributed by atoms with van der Waals surface area (Å²) in [6, 6.07) is 12.8. The van der Waals surface area contributed by atoms with Crippen LogP contribution in [-0.2, 0) is 100.0 Å². The number of hydrogen-bond donors (Lipinski definition) is 3. The van der Waals surface area contributed by atoms with Crippen molar-refractivity contribution in [3.05, 3.63) is 59.7 Å². The lowest BCUT2D eigenvalue weighted by Gasteiger charge is -2.49. The molecule has 25 nitrogen and oxygen atoms in total. The van der Waals surface area contributed by atoms with Crippen molar-refractivity contribution >= 4 is 59.7 Å². The molecule has 3 amide bonds. The Kier molecular flexibility index (Phi) is 22.5. The fraction of sp³-hybridized carbons (Fsp3) is 0.585. The minimum absolute atomic E-state index is 0.0212. The van der Waals surface area contributed by atoms with E-state index in [-0.39, 0.29) is 38.4 Å². The van der Waals surface area contributed by atoms with E-state index in [4.69, 9.17) is 56.8 Å². The Morgan fingerprint density at radius 3 is 1.59 bits per heavy atom. The van der Waals surface area contributed by atoms with E-state index in [2.05, 4.69) is 16.0 Å². The van der Waals surface area contributed by atoms with Crippen LogP contribution in [0.2, 0.25) is 0 Å². The first-order chi connectivity index (χ1) is 36.8. The lowest BCUT2D eigenvalue weighted by atomic mass is 9.94. The van der Waals surface area contributed by atoms with Gasteiger partial charge in [0.25, 0.3) is 0 Å². The molecule has 2 fully saturated rings. The minimum Gasteiger partial charge on any atom is -0.463 e. The fourth-order valence-electron chi connectivity index (χ4n) is 9.08. The van der Waals surface area contributed by atoms with Crippen LogP contribution in [0.5, 0.6) is 0 Å². The zero-order valence-corrected chi connectivity index (χ0v) is 45.2. The SMILES string of the molecule is CC(=O)NC1C(O[C@H]2OC(COC(C)=O)[C@@H](OC(C)=O)C(OC(C)=O)C2OC(C)=O)[C@H](OC(C)=O)C(COC(C)=O)O[C@@H]1OCCCC[C@H](NC(=O)OCC1c2ccccc2-c2ccccc21)C(=O)NCC(=O)OC(C)(C)C. The number of fused-ring (bicyclic) bond motifs is 3. The topological polar surface area (TPSA) is 318 Å². The van der Waals surface area contributed by atoms with E-state index in [9.17, 15) is 47.9 Å². The first kappa shape index (κ1) is 61.6. The van der Waals surface area contributed by atoms with E-state index in [1.54, 1.807) is 20.8 Å². The number of unbranched alkanes of at least 4 members (excludes halogenated alkanes) is 1. The number of rotatable bonds is 23. The number of nitrogens with one attached hydrogen (secondary N) is 3. The molecule has 0 radical (unpaired) electrons. The summed E-state index contributed by atoms with van der Waals surface area (Å²) < 4.78 is 69.1. The lowest BCUT2D eigenvalue weighted by molar-refractivity contribution is -0.347. The van der Waals surface area contributed by atoms with Gasteiger partial charge in [0.1, 0.15) is 62.4 Å². The summed E-state index contributed by atoms with van der Waals surface area (Å²) in [5, 5.41) is 7.81. The lowest BCUT2D eigenvalue weighted by Crippen LogP contribution is -2.69. The largest absolute Gasteiger partial charge is 0.463 e. The van der Waals surface area contributed by atoms with E-state index in [0.29, 0.717) is 0 Å². The zero-order chi connectivity index (χ0) is 57.4. The number of carbonyl (C=O) groups excluding carboxylic acids is 10. The van der Waals surface area contributed by atoms with Gasteiger partial charge in [-0.3, -0.25) is 43.2 Å². The maximum atomic E-state index is 13.7. The fourth-order valence-corrected chi connectivity index (χ4v) is 9.08. The van der Waals surface area contributed by atoms with Crippen LogP contribution in [0.3, 0.4) is 0 Å². The van der Waals surface area contributed by atoms with Gasteiger partial charge in [0.05, 0.1) is 0 Å². The summed E-state index contributed by atoms with van der Waals surface area (Å²) in [4.78, 5) is 128. The Hall–Kier alpha value is -7.22. The van der Waals surface area contributed by atoms with E-state index in [1.165, 1.54) is 0 Å². The number of esters is 7. The highest BCUT2D eigenvalue weighted by Crippen LogP contribution is 2.44. The molecule has 11 atom stereocenters. The van der Waals surface area contributed by atoms with Gasteiger partial charge in [-0.05, 0) is 62.3 Å². The highest BCUT2D eigenvalue weighted by Gasteiger charge is 2.57. The predicted molar refractivity (Wildman–Crippen MR) is 266 cm³/mol. The Bertz CT molecular complexity index is 2450. The summed E-state index contributed by atoms with van der Waals surface area (Å²) in [6.07, 6.45) is -15.2. The molecule has 2 aromatic rings. The van der Waals surface area contributed by atoms with E-state index in [0.717, 1.165) is 70.7 Å². The molecule has 6 unspecified atom stereocenters. The first-order valence-corrected chi connectivity index (χ1v) is 25.2. The highest BCUT2D eigenvalue weighted by atomic mass is 16.8. The number of hydrogen-bond acceptors (Lipinski definition) is 22. The molecular weight excluding hydrogens is 1030 g/mol. The second kappa shape index (κ2) is 28.4. The van der Waals surface area contributed by atoms with Crippen molar-refractivity contribution in [3.8, 4) is 11.1 Å². The van der Waals surface area contributed by atoms with Gasteiger partial charge < -0.3 is 72.8 Å². The monoisotopic (exact) mass is 1100 g/mol. The molecule has 428 valence electrons. The van der Waals surface area contributed by atoms with E-state index < -0.39 is 152 Å². The average Bonchev–Trinajstić information content (AvgIpc) is 3.73. The van der Waals surface area contributed by atoms with Crippen molar-refractivity contribution in [3.63, 3.8) is 0 Å². The Morgan fingerprint density at radius 1 is 0.577 bits per heavy atom. The molecule has 2 saturated heterocycles. The van der Waals surface area contributed by atoms with Crippen LogP contribution >= 0.6 is 0 Å². The molecule has 1 aliphatic carbocycles. The van der Waals surface area contributed by atoms with Crippen molar-refractivity contribution in [1.82, 2.24) is 16.0 Å². The summed E-state index contributed by atoms with van der Waals surface area (Å²) in [5.41, 5.74) is 3.13. The molecule has 0 saturated carbocycles. The van der Waals surface area contributed by atoms with Crippen LogP contribution < -0.4 is 16.0 Å². The molecule has 78 heavy (non-hydrogen) atoms. The third-order valence-electron chi connectivity index (χ3n) is 12.0. The molecule has 0 spiro atoms. The standard InChI is InChI=1S/C53H69N3O22/c1-27(57)55-43-46(77-51-48(74-33(7)63)47(73-32(6)62)45(72-31(5)61)41(76-51)26-69-29(3)59)44(71-30(4)60)40(25-68-28(2)58)75-50(43)67-22-16-15-21-39(49(65)54-23-42(64)78-53(8,9)10)56-52(66)70-24-38-36-19-13-11-17-34(36)35-18-12-14-20-37(35)38/h11-14,17-20,38-41,43-48,50-51H,15-16,21-26H2,1-10H3,(H,54,65)(H,55,57)(H,56,66)/t39-,40?,41?,43?,44+,45+,46?,47?,48?,50-,51+/m0/s1.